The normalized spacial score (nSPS) is 10.2. The van der Waals surface area contributed by atoms with Gasteiger partial charge in [0.05, 0.1) is 22.8 Å². The molecule has 0 aliphatic rings. The fourth-order valence-corrected chi connectivity index (χ4v) is 1.77. The third-order valence-corrected chi connectivity index (χ3v) is 2.73. The zero-order valence-electron chi connectivity index (χ0n) is 13.4. The van der Waals surface area contributed by atoms with Crippen LogP contribution in [0.25, 0.3) is 11.4 Å². The number of hydrogen-bond acceptors (Lipinski definition) is 4. The maximum absolute atomic E-state index is 4.59. The zero-order chi connectivity index (χ0) is 16.4. The first-order valence-corrected chi connectivity index (χ1v) is 7.21. The molecule has 0 aromatic carbocycles. The minimum atomic E-state index is 0.675. The van der Waals surface area contributed by atoms with Gasteiger partial charge in [-0.05, 0) is 30.3 Å². The van der Waals surface area contributed by atoms with Crippen LogP contribution in [0.3, 0.4) is 0 Å². The molecular formula is C18H22N4. The summed E-state index contributed by atoms with van der Waals surface area (Å²) in [6.45, 7) is 11.4. The summed E-state index contributed by atoms with van der Waals surface area (Å²) in [5.41, 5.74) is 3.94. The average Bonchev–Trinajstić information content (AvgIpc) is 2.61. The molecule has 2 aromatic rings. The summed E-state index contributed by atoms with van der Waals surface area (Å²) in [5, 5.41) is 3.12. The van der Waals surface area contributed by atoms with Gasteiger partial charge < -0.3 is 5.32 Å². The Labute approximate surface area is 132 Å². The third kappa shape index (κ3) is 4.38. The van der Waals surface area contributed by atoms with E-state index in [1.807, 2.05) is 51.2 Å². The molecule has 0 saturated carbocycles. The molecule has 1 N–H and O–H groups in total. The van der Waals surface area contributed by atoms with E-state index in [9.17, 15) is 0 Å². The summed E-state index contributed by atoms with van der Waals surface area (Å²) in [5.74, 6) is 0. The number of nitrogens with one attached hydrogen (secondary N) is 1. The summed E-state index contributed by atoms with van der Waals surface area (Å²) < 4.78 is 0. The third-order valence-electron chi connectivity index (χ3n) is 2.73. The lowest BCUT2D eigenvalue weighted by Crippen LogP contribution is -2.03. The van der Waals surface area contributed by atoms with Crippen molar-refractivity contribution in [3.05, 3.63) is 67.7 Å². The molecule has 0 saturated heterocycles. The standard InChI is InChI=1S/C16H16N4.C2H6/c1-4-13(18-5-2)15-10-12(17-3)11-16(20-15)14-8-6-7-9-19-14;1-2/h4-11H,1-2H2,3H3,(H,17,20);1-2H3. The molecule has 0 aliphatic heterocycles. The maximum Gasteiger partial charge on any atom is 0.0914 e. The highest BCUT2D eigenvalue weighted by Crippen LogP contribution is 2.20. The molecule has 0 amide bonds. The van der Waals surface area contributed by atoms with Crippen molar-refractivity contribution in [1.29, 1.82) is 0 Å². The van der Waals surface area contributed by atoms with Gasteiger partial charge in [0, 0.05) is 25.1 Å². The van der Waals surface area contributed by atoms with Crippen molar-refractivity contribution in [3.8, 4) is 11.4 Å². The van der Waals surface area contributed by atoms with Gasteiger partial charge in [0.1, 0.15) is 0 Å². The minimum Gasteiger partial charge on any atom is -0.388 e. The quantitative estimate of drug-likeness (QED) is 0.835. The molecule has 2 rings (SSSR count). The molecule has 0 aliphatic carbocycles. The monoisotopic (exact) mass is 294 g/mol. The SMILES string of the molecule is C=CN=C(C=C)c1cc(NC)cc(-c2ccccn2)n1.CC. The van der Waals surface area contributed by atoms with Crippen LogP contribution in [0, 0.1) is 0 Å². The van der Waals surface area contributed by atoms with Crippen molar-refractivity contribution in [2.75, 3.05) is 12.4 Å². The summed E-state index contributed by atoms with van der Waals surface area (Å²) >= 11 is 0. The second-order valence-corrected chi connectivity index (χ2v) is 3.99. The lowest BCUT2D eigenvalue weighted by molar-refractivity contribution is 1.23. The highest BCUT2D eigenvalue weighted by atomic mass is 14.9. The Morgan fingerprint density at radius 2 is 1.95 bits per heavy atom. The number of aliphatic imine (C=N–C) groups is 1. The molecule has 0 bridgehead atoms. The van der Waals surface area contributed by atoms with E-state index in [0.29, 0.717) is 5.71 Å². The van der Waals surface area contributed by atoms with E-state index in [1.165, 1.54) is 6.20 Å². The molecule has 4 nitrogen and oxygen atoms in total. The van der Waals surface area contributed by atoms with Crippen LogP contribution in [0.1, 0.15) is 19.5 Å². The molecule has 0 fully saturated rings. The Hall–Kier alpha value is -2.75. The van der Waals surface area contributed by atoms with E-state index in [4.69, 9.17) is 0 Å². The molecule has 0 atom stereocenters. The molecule has 4 heteroatoms. The fraction of sp³-hybridized carbons (Fsp3) is 0.167. The van der Waals surface area contributed by atoms with Crippen LogP contribution in [0.5, 0.6) is 0 Å². The molecule has 2 aromatic heterocycles. The van der Waals surface area contributed by atoms with Gasteiger partial charge in [-0.2, -0.15) is 0 Å². The largest absolute Gasteiger partial charge is 0.388 e. The van der Waals surface area contributed by atoms with Crippen LogP contribution >= 0.6 is 0 Å². The van der Waals surface area contributed by atoms with Gasteiger partial charge in [-0.1, -0.05) is 33.1 Å². The Morgan fingerprint density at radius 3 is 2.50 bits per heavy atom. The Morgan fingerprint density at radius 1 is 1.18 bits per heavy atom. The topological polar surface area (TPSA) is 50.2 Å². The average molecular weight is 294 g/mol. The summed E-state index contributed by atoms with van der Waals surface area (Å²) in [7, 11) is 1.86. The van der Waals surface area contributed by atoms with Crippen LogP contribution in [-0.4, -0.2) is 22.7 Å². The van der Waals surface area contributed by atoms with Gasteiger partial charge in [-0.3, -0.25) is 9.98 Å². The van der Waals surface area contributed by atoms with E-state index in [-0.39, 0.29) is 0 Å². The zero-order valence-corrected chi connectivity index (χ0v) is 13.4. The van der Waals surface area contributed by atoms with Crippen molar-refractivity contribution in [2.45, 2.75) is 13.8 Å². The Balaban J connectivity index is 0.00000116. The van der Waals surface area contributed by atoms with E-state index in [1.54, 1.807) is 12.3 Å². The Kier molecular flexibility index (Phi) is 7.26. The van der Waals surface area contributed by atoms with Crippen LogP contribution in [0.2, 0.25) is 0 Å². The maximum atomic E-state index is 4.59. The van der Waals surface area contributed by atoms with E-state index < -0.39 is 0 Å². The molecule has 114 valence electrons. The smallest absolute Gasteiger partial charge is 0.0914 e. The van der Waals surface area contributed by atoms with Gasteiger partial charge >= 0.3 is 0 Å². The number of nitrogens with zero attached hydrogens (tertiary/aromatic N) is 3. The molecule has 22 heavy (non-hydrogen) atoms. The first-order valence-electron chi connectivity index (χ1n) is 7.21. The molecule has 0 radical (unpaired) electrons. The van der Waals surface area contributed by atoms with Crippen molar-refractivity contribution in [2.24, 2.45) is 4.99 Å². The van der Waals surface area contributed by atoms with Crippen LogP contribution in [0.4, 0.5) is 5.69 Å². The lowest BCUT2D eigenvalue weighted by atomic mass is 10.1. The predicted molar refractivity (Wildman–Crippen MR) is 95.3 cm³/mol. The van der Waals surface area contributed by atoms with Crippen molar-refractivity contribution in [1.82, 2.24) is 9.97 Å². The highest BCUT2D eigenvalue weighted by Gasteiger charge is 2.08. The van der Waals surface area contributed by atoms with Gasteiger partial charge in [0.25, 0.3) is 0 Å². The fourth-order valence-electron chi connectivity index (χ4n) is 1.77. The summed E-state index contributed by atoms with van der Waals surface area (Å²) in [4.78, 5) is 13.1. The second kappa shape index (κ2) is 9.23. The van der Waals surface area contributed by atoms with Gasteiger partial charge in [-0.25, -0.2) is 4.98 Å². The Bertz CT molecular complexity index is 645. The van der Waals surface area contributed by atoms with E-state index in [2.05, 4.69) is 33.4 Å². The van der Waals surface area contributed by atoms with Crippen LogP contribution in [-0.2, 0) is 0 Å². The van der Waals surface area contributed by atoms with Crippen molar-refractivity contribution >= 4 is 11.4 Å². The lowest BCUT2D eigenvalue weighted by Gasteiger charge is -2.08. The second-order valence-electron chi connectivity index (χ2n) is 3.99. The van der Waals surface area contributed by atoms with Gasteiger partial charge in [0.15, 0.2) is 0 Å². The first kappa shape index (κ1) is 17.3. The van der Waals surface area contributed by atoms with E-state index >= 15 is 0 Å². The van der Waals surface area contributed by atoms with Crippen LogP contribution in [0.15, 0.2) is 67.0 Å². The number of allylic oxidation sites excluding steroid dienone is 1. The first-order chi connectivity index (χ1) is 10.8. The van der Waals surface area contributed by atoms with Gasteiger partial charge in [0.2, 0.25) is 0 Å². The molecule has 0 spiro atoms. The molecule has 2 heterocycles. The molecular weight excluding hydrogens is 272 g/mol. The van der Waals surface area contributed by atoms with Crippen molar-refractivity contribution < 1.29 is 0 Å². The summed E-state index contributed by atoms with van der Waals surface area (Å²) in [6.07, 6.45) is 4.88. The number of anilines is 1. The van der Waals surface area contributed by atoms with Gasteiger partial charge in [-0.15, -0.1) is 0 Å². The van der Waals surface area contributed by atoms with Crippen molar-refractivity contribution in [3.63, 3.8) is 0 Å². The number of hydrogen-bond donors (Lipinski definition) is 1. The predicted octanol–water partition coefficient (Wildman–Crippen LogP) is 4.33. The molecule has 0 unspecified atom stereocenters. The van der Waals surface area contributed by atoms with E-state index in [0.717, 1.165) is 22.8 Å². The minimum absolute atomic E-state index is 0.675. The summed E-state index contributed by atoms with van der Waals surface area (Å²) in [6, 6.07) is 9.59. The number of pyridine rings is 2. The number of rotatable bonds is 5. The van der Waals surface area contributed by atoms with Crippen LogP contribution < -0.4 is 5.32 Å². The highest BCUT2D eigenvalue weighted by molar-refractivity contribution is 6.08. The number of aromatic nitrogens is 2.